The molecule has 3 heteroatoms. The molecule has 0 saturated carbocycles. The van der Waals surface area contributed by atoms with Gasteiger partial charge in [0.25, 0.3) is 0 Å². The third-order valence-corrected chi connectivity index (χ3v) is 2.48. The summed E-state index contributed by atoms with van der Waals surface area (Å²) in [6, 6.07) is 8.59. The van der Waals surface area contributed by atoms with Gasteiger partial charge in [0, 0.05) is 38.1 Å². The number of hydrogen-bond acceptors (Lipinski definition) is 3. The number of anilines is 2. The molecule has 0 bridgehead atoms. The molecule has 0 radical (unpaired) electrons. The van der Waals surface area contributed by atoms with Gasteiger partial charge < -0.3 is 16.0 Å². The fraction of sp³-hybridized carbons (Fsp3) is 0.500. The molecule has 1 aromatic rings. The lowest BCUT2D eigenvalue weighted by molar-refractivity contribution is 0.679. The predicted octanol–water partition coefficient (Wildman–Crippen LogP) is 1.90. The second kappa shape index (κ2) is 5.61. The lowest BCUT2D eigenvalue weighted by Crippen LogP contribution is -2.27. The van der Waals surface area contributed by atoms with Gasteiger partial charge in [0.15, 0.2) is 0 Å². The number of benzene rings is 1. The second-order valence-corrected chi connectivity index (χ2v) is 3.99. The first-order chi connectivity index (χ1) is 7.13. The summed E-state index contributed by atoms with van der Waals surface area (Å²) in [6.45, 7) is 2.93. The van der Waals surface area contributed by atoms with Crippen molar-refractivity contribution in [1.82, 2.24) is 0 Å². The van der Waals surface area contributed by atoms with Crippen molar-refractivity contribution in [2.24, 2.45) is 5.73 Å². The lowest BCUT2D eigenvalue weighted by Gasteiger charge is -2.14. The third kappa shape index (κ3) is 3.80. The zero-order chi connectivity index (χ0) is 11.3. The van der Waals surface area contributed by atoms with E-state index < -0.39 is 0 Å². The zero-order valence-electron chi connectivity index (χ0n) is 9.83. The van der Waals surface area contributed by atoms with Gasteiger partial charge in [-0.2, -0.15) is 0 Å². The Balaban J connectivity index is 2.50. The molecule has 0 amide bonds. The van der Waals surface area contributed by atoms with Gasteiger partial charge in [-0.3, -0.25) is 0 Å². The Morgan fingerprint density at radius 1 is 1.27 bits per heavy atom. The largest absolute Gasteiger partial charge is 0.383 e. The van der Waals surface area contributed by atoms with Gasteiger partial charge in [-0.15, -0.1) is 0 Å². The van der Waals surface area contributed by atoms with Gasteiger partial charge in [-0.1, -0.05) is 6.92 Å². The standard InChI is InChI=1S/C12H21N3/c1-4-10(13)9-14-11-5-7-12(8-6-11)15(2)3/h5-8,10,14H,4,9,13H2,1-3H3/t10-/m0/s1. The SMILES string of the molecule is CC[C@H](N)CNc1ccc(N(C)C)cc1. The van der Waals surface area contributed by atoms with Crippen LogP contribution in [0.2, 0.25) is 0 Å². The molecule has 0 fully saturated rings. The van der Waals surface area contributed by atoms with E-state index in [2.05, 4.69) is 41.4 Å². The van der Waals surface area contributed by atoms with E-state index in [0.29, 0.717) is 0 Å². The fourth-order valence-corrected chi connectivity index (χ4v) is 1.27. The molecular weight excluding hydrogens is 186 g/mol. The highest BCUT2D eigenvalue weighted by Crippen LogP contribution is 2.15. The number of hydrogen-bond donors (Lipinski definition) is 2. The highest BCUT2D eigenvalue weighted by atomic mass is 15.1. The van der Waals surface area contributed by atoms with E-state index in [1.807, 2.05) is 14.1 Å². The van der Waals surface area contributed by atoms with E-state index in [1.54, 1.807) is 0 Å². The van der Waals surface area contributed by atoms with Crippen molar-refractivity contribution in [2.75, 3.05) is 30.9 Å². The molecule has 0 spiro atoms. The highest BCUT2D eigenvalue weighted by molar-refractivity contribution is 5.54. The van der Waals surface area contributed by atoms with Crippen molar-refractivity contribution in [3.8, 4) is 0 Å². The minimum absolute atomic E-state index is 0.235. The summed E-state index contributed by atoms with van der Waals surface area (Å²) in [7, 11) is 4.07. The van der Waals surface area contributed by atoms with Crippen LogP contribution in [0, 0.1) is 0 Å². The highest BCUT2D eigenvalue weighted by Gasteiger charge is 1.99. The Kier molecular flexibility index (Phi) is 4.43. The van der Waals surface area contributed by atoms with Crippen molar-refractivity contribution in [1.29, 1.82) is 0 Å². The fourth-order valence-electron chi connectivity index (χ4n) is 1.27. The van der Waals surface area contributed by atoms with Gasteiger partial charge in [0.05, 0.1) is 0 Å². The summed E-state index contributed by atoms with van der Waals surface area (Å²) in [6.07, 6.45) is 1.00. The van der Waals surface area contributed by atoms with E-state index in [0.717, 1.165) is 18.7 Å². The molecule has 3 N–H and O–H groups in total. The molecule has 84 valence electrons. The molecule has 0 aliphatic heterocycles. The molecule has 0 aromatic heterocycles. The van der Waals surface area contributed by atoms with Gasteiger partial charge in [0.1, 0.15) is 0 Å². The van der Waals surface area contributed by atoms with Crippen LogP contribution in [0.5, 0.6) is 0 Å². The van der Waals surface area contributed by atoms with Crippen molar-refractivity contribution in [2.45, 2.75) is 19.4 Å². The van der Waals surface area contributed by atoms with E-state index in [4.69, 9.17) is 5.73 Å². The molecule has 0 heterocycles. The van der Waals surface area contributed by atoms with E-state index in [1.165, 1.54) is 5.69 Å². The number of nitrogens with zero attached hydrogens (tertiary/aromatic N) is 1. The summed E-state index contributed by atoms with van der Waals surface area (Å²) in [4.78, 5) is 2.08. The van der Waals surface area contributed by atoms with Gasteiger partial charge in [-0.25, -0.2) is 0 Å². The van der Waals surface area contributed by atoms with Gasteiger partial charge >= 0.3 is 0 Å². The molecule has 1 rings (SSSR count). The summed E-state index contributed by atoms with van der Waals surface area (Å²) in [5, 5.41) is 3.32. The van der Waals surface area contributed by atoms with Gasteiger partial charge in [0.2, 0.25) is 0 Å². The Morgan fingerprint density at radius 3 is 2.33 bits per heavy atom. The minimum Gasteiger partial charge on any atom is -0.383 e. The smallest absolute Gasteiger partial charge is 0.0362 e. The van der Waals surface area contributed by atoms with Gasteiger partial charge in [-0.05, 0) is 30.7 Å². The summed E-state index contributed by atoms with van der Waals surface area (Å²) >= 11 is 0. The average molecular weight is 207 g/mol. The minimum atomic E-state index is 0.235. The molecule has 15 heavy (non-hydrogen) atoms. The Hall–Kier alpha value is -1.22. The number of rotatable bonds is 5. The van der Waals surface area contributed by atoms with Crippen LogP contribution < -0.4 is 16.0 Å². The van der Waals surface area contributed by atoms with E-state index in [-0.39, 0.29) is 6.04 Å². The average Bonchev–Trinajstić information content (AvgIpc) is 2.26. The number of nitrogens with two attached hydrogens (primary N) is 1. The Bertz CT molecular complexity index is 279. The molecule has 0 aliphatic rings. The molecule has 0 saturated heterocycles. The maximum Gasteiger partial charge on any atom is 0.0362 e. The first-order valence-corrected chi connectivity index (χ1v) is 5.40. The molecule has 0 unspecified atom stereocenters. The first kappa shape index (κ1) is 11.9. The van der Waals surface area contributed by atoms with Crippen LogP contribution >= 0.6 is 0 Å². The summed E-state index contributed by atoms with van der Waals surface area (Å²) < 4.78 is 0. The Labute approximate surface area is 92.3 Å². The van der Waals surface area contributed by atoms with Crippen molar-refractivity contribution < 1.29 is 0 Å². The van der Waals surface area contributed by atoms with Crippen LogP contribution in [0.1, 0.15) is 13.3 Å². The summed E-state index contributed by atoms with van der Waals surface area (Å²) in [5.74, 6) is 0. The monoisotopic (exact) mass is 207 g/mol. The Morgan fingerprint density at radius 2 is 1.87 bits per heavy atom. The van der Waals surface area contributed by atoms with Crippen LogP contribution in [-0.2, 0) is 0 Å². The molecule has 3 nitrogen and oxygen atoms in total. The van der Waals surface area contributed by atoms with Crippen LogP contribution in [0.3, 0.4) is 0 Å². The topological polar surface area (TPSA) is 41.3 Å². The normalized spacial score (nSPS) is 12.3. The molecule has 1 atom stereocenters. The zero-order valence-corrected chi connectivity index (χ0v) is 9.83. The van der Waals surface area contributed by atoms with Crippen LogP contribution in [-0.4, -0.2) is 26.7 Å². The second-order valence-electron chi connectivity index (χ2n) is 3.99. The third-order valence-electron chi connectivity index (χ3n) is 2.48. The predicted molar refractivity (Wildman–Crippen MR) is 67.5 cm³/mol. The molecule has 1 aromatic carbocycles. The van der Waals surface area contributed by atoms with Crippen molar-refractivity contribution in [3.05, 3.63) is 24.3 Å². The van der Waals surface area contributed by atoms with Crippen LogP contribution in [0.25, 0.3) is 0 Å². The quantitative estimate of drug-likeness (QED) is 0.775. The van der Waals surface area contributed by atoms with Crippen LogP contribution in [0.15, 0.2) is 24.3 Å². The van der Waals surface area contributed by atoms with Crippen LogP contribution in [0.4, 0.5) is 11.4 Å². The van der Waals surface area contributed by atoms with Crippen molar-refractivity contribution >= 4 is 11.4 Å². The summed E-state index contributed by atoms with van der Waals surface area (Å²) in [5.41, 5.74) is 8.17. The molecule has 0 aliphatic carbocycles. The van der Waals surface area contributed by atoms with E-state index in [9.17, 15) is 0 Å². The van der Waals surface area contributed by atoms with Crippen molar-refractivity contribution in [3.63, 3.8) is 0 Å². The maximum atomic E-state index is 5.83. The first-order valence-electron chi connectivity index (χ1n) is 5.40. The molecular formula is C12H21N3. The lowest BCUT2D eigenvalue weighted by atomic mass is 10.2. The van der Waals surface area contributed by atoms with E-state index >= 15 is 0 Å². The maximum absolute atomic E-state index is 5.83. The number of nitrogens with one attached hydrogen (secondary N) is 1.